The van der Waals surface area contributed by atoms with Crippen molar-refractivity contribution in [1.29, 1.82) is 0 Å². The highest BCUT2D eigenvalue weighted by Crippen LogP contribution is 2.23. The number of carbonyl (C=O) groups is 2. The summed E-state index contributed by atoms with van der Waals surface area (Å²) >= 11 is 1.62. The normalized spacial score (nSPS) is 12.7. The summed E-state index contributed by atoms with van der Waals surface area (Å²) in [5.41, 5.74) is 0.906. The number of nitrogens with one attached hydrogen (secondary N) is 1. The lowest BCUT2D eigenvalue weighted by Crippen LogP contribution is -2.30. The predicted octanol–water partition coefficient (Wildman–Crippen LogP) is 3.87. The van der Waals surface area contributed by atoms with Crippen LogP contribution in [0.15, 0.2) is 29.2 Å². The molecule has 0 aliphatic rings. The highest BCUT2D eigenvalue weighted by Gasteiger charge is 2.19. The molecule has 0 heterocycles. The number of carbonyl (C=O) groups excluding carboxylic acids is 1. The topological polar surface area (TPSA) is 66.4 Å². The van der Waals surface area contributed by atoms with Crippen LogP contribution in [0.4, 0.5) is 0 Å². The van der Waals surface area contributed by atoms with Crippen LogP contribution in [0.3, 0.4) is 0 Å². The lowest BCUT2D eigenvalue weighted by molar-refractivity contribution is -0.137. The molecule has 0 saturated heterocycles. The van der Waals surface area contributed by atoms with Gasteiger partial charge in [-0.3, -0.25) is 9.59 Å². The van der Waals surface area contributed by atoms with E-state index in [0.717, 1.165) is 16.9 Å². The van der Waals surface area contributed by atoms with Gasteiger partial charge in [0.05, 0.1) is 12.5 Å². The summed E-state index contributed by atoms with van der Waals surface area (Å²) in [5, 5.41) is 11.9. The zero-order valence-electron chi connectivity index (χ0n) is 13.7. The summed E-state index contributed by atoms with van der Waals surface area (Å²) in [6, 6.07) is 7.15. The molecule has 1 aromatic carbocycles. The molecule has 0 aliphatic heterocycles. The molecule has 1 amide bonds. The van der Waals surface area contributed by atoms with Gasteiger partial charge in [-0.15, -0.1) is 11.8 Å². The Kier molecular flexibility index (Phi) is 6.94. The Hall–Kier alpha value is -1.49. The minimum Gasteiger partial charge on any atom is -0.481 e. The van der Waals surface area contributed by atoms with E-state index in [1.54, 1.807) is 11.8 Å². The lowest BCUT2D eigenvalue weighted by atomic mass is 9.90. The third kappa shape index (κ3) is 6.98. The van der Waals surface area contributed by atoms with Crippen LogP contribution in [-0.2, 0) is 9.59 Å². The second-order valence-electron chi connectivity index (χ2n) is 6.55. The van der Waals surface area contributed by atoms with Gasteiger partial charge in [0.2, 0.25) is 5.91 Å². The van der Waals surface area contributed by atoms with E-state index in [1.165, 1.54) is 0 Å². The van der Waals surface area contributed by atoms with Crippen molar-refractivity contribution in [2.24, 2.45) is 5.41 Å². The maximum absolute atomic E-state index is 12.1. The van der Waals surface area contributed by atoms with Gasteiger partial charge in [0, 0.05) is 11.3 Å². The summed E-state index contributed by atoms with van der Waals surface area (Å²) in [4.78, 5) is 24.2. The smallest absolute Gasteiger partial charge is 0.305 e. The summed E-state index contributed by atoms with van der Waals surface area (Å²) in [6.07, 6.45) is 3.05. The number of hydrogen-bond donors (Lipinski definition) is 2. The quantitative estimate of drug-likeness (QED) is 0.748. The van der Waals surface area contributed by atoms with E-state index in [0.29, 0.717) is 6.42 Å². The Morgan fingerprint density at radius 1 is 1.23 bits per heavy atom. The molecule has 1 unspecified atom stereocenters. The fourth-order valence-corrected chi connectivity index (χ4v) is 2.43. The average Bonchev–Trinajstić information content (AvgIpc) is 2.43. The number of thioether (sulfide) groups is 1. The van der Waals surface area contributed by atoms with Crippen molar-refractivity contribution in [3.63, 3.8) is 0 Å². The molecule has 1 rings (SSSR count). The molecule has 1 atom stereocenters. The van der Waals surface area contributed by atoms with Crippen LogP contribution in [0.1, 0.15) is 51.6 Å². The van der Waals surface area contributed by atoms with Gasteiger partial charge < -0.3 is 10.4 Å². The van der Waals surface area contributed by atoms with Gasteiger partial charge in [0.25, 0.3) is 0 Å². The minimum atomic E-state index is -0.921. The zero-order valence-corrected chi connectivity index (χ0v) is 14.5. The summed E-state index contributed by atoms with van der Waals surface area (Å²) < 4.78 is 0. The van der Waals surface area contributed by atoms with E-state index in [2.05, 4.69) is 26.1 Å². The number of aliphatic carboxylic acids is 1. The van der Waals surface area contributed by atoms with Crippen molar-refractivity contribution in [3.05, 3.63) is 29.8 Å². The highest BCUT2D eigenvalue weighted by molar-refractivity contribution is 7.98. The Labute approximate surface area is 136 Å². The van der Waals surface area contributed by atoms with Crippen LogP contribution in [0.5, 0.6) is 0 Å². The molecule has 0 saturated carbocycles. The number of benzene rings is 1. The molecule has 0 spiro atoms. The minimum absolute atomic E-state index is 0.0830. The Bertz CT molecular complexity index is 506. The van der Waals surface area contributed by atoms with Crippen LogP contribution in [0.25, 0.3) is 0 Å². The second-order valence-corrected chi connectivity index (χ2v) is 7.43. The van der Waals surface area contributed by atoms with Crippen LogP contribution in [-0.4, -0.2) is 23.2 Å². The van der Waals surface area contributed by atoms with Crippen molar-refractivity contribution in [2.75, 3.05) is 6.26 Å². The van der Waals surface area contributed by atoms with Gasteiger partial charge in [-0.25, -0.2) is 0 Å². The number of carboxylic acids is 1. The van der Waals surface area contributed by atoms with Crippen molar-refractivity contribution in [3.8, 4) is 0 Å². The number of carboxylic acid groups (broad SMARTS) is 1. The summed E-state index contributed by atoms with van der Waals surface area (Å²) in [6.45, 7) is 6.24. The van der Waals surface area contributed by atoms with Gasteiger partial charge in [-0.1, -0.05) is 32.9 Å². The monoisotopic (exact) mass is 323 g/mol. The van der Waals surface area contributed by atoms with Crippen LogP contribution < -0.4 is 5.32 Å². The molecule has 0 aromatic heterocycles. The second kappa shape index (κ2) is 8.22. The molecule has 0 bridgehead atoms. The van der Waals surface area contributed by atoms with Crippen LogP contribution in [0.2, 0.25) is 0 Å². The molecule has 0 aliphatic carbocycles. The first-order valence-electron chi connectivity index (χ1n) is 7.36. The molecular weight excluding hydrogens is 298 g/mol. The molecule has 5 heteroatoms. The number of hydrogen-bond acceptors (Lipinski definition) is 3. The van der Waals surface area contributed by atoms with E-state index in [1.807, 2.05) is 30.5 Å². The van der Waals surface area contributed by atoms with Gasteiger partial charge >= 0.3 is 5.97 Å². The van der Waals surface area contributed by atoms with E-state index in [9.17, 15) is 9.59 Å². The summed E-state index contributed by atoms with van der Waals surface area (Å²) in [7, 11) is 0. The van der Waals surface area contributed by atoms with Crippen molar-refractivity contribution >= 4 is 23.6 Å². The maximum atomic E-state index is 12.1. The third-order valence-corrected chi connectivity index (χ3v) is 4.08. The first kappa shape index (κ1) is 18.6. The standard InChI is InChI=1S/C17H25NO3S/c1-17(2,3)10-9-15(19)18-14(11-16(20)21)12-5-7-13(22-4)8-6-12/h5-8,14H,9-11H2,1-4H3,(H,18,19)(H,20,21). The SMILES string of the molecule is CSc1ccc(C(CC(=O)O)NC(=O)CCC(C)(C)C)cc1. The molecule has 1 aromatic rings. The van der Waals surface area contributed by atoms with Crippen LogP contribution in [0, 0.1) is 5.41 Å². The fraction of sp³-hybridized carbons (Fsp3) is 0.529. The Morgan fingerprint density at radius 2 is 1.82 bits per heavy atom. The van der Waals surface area contributed by atoms with Crippen molar-refractivity contribution in [2.45, 2.75) is 51.0 Å². The maximum Gasteiger partial charge on any atom is 0.305 e. The number of amides is 1. The van der Waals surface area contributed by atoms with Crippen molar-refractivity contribution < 1.29 is 14.7 Å². The number of rotatable bonds is 7. The van der Waals surface area contributed by atoms with E-state index < -0.39 is 12.0 Å². The van der Waals surface area contributed by atoms with E-state index >= 15 is 0 Å². The lowest BCUT2D eigenvalue weighted by Gasteiger charge is -2.21. The third-order valence-electron chi connectivity index (χ3n) is 3.33. The first-order valence-corrected chi connectivity index (χ1v) is 8.59. The largest absolute Gasteiger partial charge is 0.481 e. The van der Waals surface area contributed by atoms with E-state index in [-0.39, 0.29) is 17.7 Å². The molecule has 0 fully saturated rings. The molecule has 4 nitrogen and oxygen atoms in total. The highest BCUT2D eigenvalue weighted by atomic mass is 32.2. The summed E-state index contributed by atoms with van der Waals surface area (Å²) in [5.74, 6) is -1.02. The Morgan fingerprint density at radius 3 is 2.27 bits per heavy atom. The van der Waals surface area contributed by atoms with Gasteiger partial charge in [0.1, 0.15) is 0 Å². The zero-order chi connectivity index (χ0) is 16.8. The predicted molar refractivity (Wildman–Crippen MR) is 90.0 cm³/mol. The van der Waals surface area contributed by atoms with E-state index in [4.69, 9.17) is 5.11 Å². The van der Waals surface area contributed by atoms with Gasteiger partial charge in [0.15, 0.2) is 0 Å². The fourth-order valence-electron chi connectivity index (χ4n) is 2.02. The molecule has 122 valence electrons. The van der Waals surface area contributed by atoms with Crippen molar-refractivity contribution in [1.82, 2.24) is 5.32 Å². The average molecular weight is 323 g/mol. The van der Waals surface area contributed by atoms with Gasteiger partial charge in [-0.05, 0) is 35.8 Å². The molecule has 2 N–H and O–H groups in total. The van der Waals surface area contributed by atoms with Gasteiger partial charge in [-0.2, -0.15) is 0 Å². The molecule has 22 heavy (non-hydrogen) atoms. The molecule has 0 radical (unpaired) electrons. The molecular formula is C17H25NO3S. The first-order chi connectivity index (χ1) is 10.2. The van der Waals surface area contributed by atoms with Crippen LogP contribution >= 0.6 is 11.8 Å². The Balaban J connectivity index is 2.75.